The summed E-state index contributed by atoms with van der Waals surface area (Å²) in [6.45, 7) is 6.91. The molecule has 0 aromatic heterocycles. The minimum Gasteiger partial charge on any atom is -0.383 e. The van der Waals surface area contributed by atoms with E-state index in [-0.39, 0.29) is 11.4 Å². The van der Waals surface area contributed by atoms with Gasteiger partial charge in [0.05, 0.1) is 0 Å². The van der Waals surface area contributed by atoms with E-state index >= 15 is 0 Å². The normalized spacial score (nSPS) is 14.8. The van der Waals surface area contributed by atoms with Gasteiger partial charge in [-0.05, 0) is 39.0 Å². The molecule has 0 aliphatic carbocycles. The molecule has 0 bridgehead atoms. The first-order chi connectivity index (χ1) is 7.96. The SMILES string of the molecule is CC(C)(C)NC(=O)c1ccc2c(c1)NCCS2. The molecule has 0 atom stereocenters. The highest BCUT2D eigenvalue weighted by Gasteiger charge is 2.17. The lowest BCUT2D eigenvalue weighted by Crippen LogP contribution is -2.40. The van der Waals surface area contributed by atoms with Crippen molar-refractivity contribution in [1.82, 2.24) is 5.32 Å². The van der Waals surface area contributed by atoms with Crippen LogP contribution in [0.1, 0.15) is 31.1 Å². The van der Waals surface area contributed by atoms with Crippen LogP contribution in [0.4, 0.5) is 5.69 Å². The molecule has 0 radical (unpaired) electrons. The van der Waals surface area contributed by atoms with Crippen molar-refractivity contribution >= 4 is 23.4 Å². The van der Waals surface area contributed by atoms with Crippen LogP contribution >= 0.6 is 11.8 Å². The molecule has 92 valence electrons. The number of fused-ring (bicyclic) bond motifs is 1. The van der Waals surface area contributed by atoms with E-state index in [1.54, 1.807) is 0 Å². The second-order valence-electron chi connectivity index (χ2n) is 5.19. The van der Waals surface area contributed by atoms with Gasteiger partial charge in [-0.3, -0.25) is 4.79 Å². The van der Waals surface area contributed by atoms with E-state index in [4.69, 9.17) is 0 Å². The lowest BCUT2D eigenvalue weighted by molar-refractivity contribution is 0.0919. The van der Waals surface area contributed by atoms with Crippen LogP contribution < -0.4 is 10.6 Å². The Balaban J connectivity index is 2.19. The first kappa shape index (κ1) is 12.3. The molecule has 0 spiro atoms. The van der Waals surface area contributed by atoms with Crippen molar-refractivity contribution in [1.29, 1.82) is 0 Å². The molecule has 1 amide bonds. The standard InChI is InChI=1S/C13H18N2OS/c1-13(2,3)15-12(16)9-4-5-11-10(8-9)14-6-7-17-11/h4-5,8,14H,6-7H2,1-3H3,(H,15,16). The Hall–Kier alpha value is -1.16. The van der Waals surface area contributed by atoms with Gasteiger partial charge < -0.3 is 10.6 Å². The molecule has 1 aromatic carbocycles. The summed E-state index contributed by atoms with van der Waals surface area (Å²) < 4.78 is 0. The summed E-state index contributed by atoms with van der Waals surface area (Å²) >= 11 is 1.83. The Kier molecular flexibility index (Phi) is 3.33. The molecule has 1 aromatic rings. The number of carbonyl (C=O) groups excluding carboxylic acids is 1. The highest BCUT2D eigenvalue weighted by atomic mass is 32.2. The number of thioether (sulfide) groups is 1. The molecule has 0 saturated heterocycles. The number of amides is 1. The second kappa shape index (κ2) is 4.61. The molecule has 1 heterocycles. The van der Waals surface area contributed by atoms with Crippen LogP contribution in [0, 0.1) is 0 Å². The van der Waals surface area contributed by atoms with Crippen LogP contribution in [0.25, 0.3) is 0 Å². The predicted octanol–water partition coefficient (Wildman–Crippen LogP) is 2.73. The van der Waals surface area contributed by atoms with E-state index < -0.39 is 0 Å². The van der Waals surface area contributed by atoms with Gasteiger partial charge >= 0.3 is 0 Å². The summed E-state index contributed by atoms with van der Waals surface area (Å²) in [4.78, 5) is 13.2. The highest BCUT2D eigenvalue weighted by Crippen LogP contribution is 2.31. The second-order valence-corrected chi connectivity index (χ2v) is 6.33. The number of anilines is 1. The fourth-order valence-electron chi connectivity index (χ4n) is 1.69. The summed E-state index contributed by atoms with van der Waals surface area (Å²) in [6.07, 6.45) is 0. The summed E-state index contributed by atoms with van der Waals surface area (Å²) in [5, 5.41) is 6.29. The van der Waals surface area contributed by atoms with Gasteiger partial charge in [0, 0.05) is 34.0 Å². The van der Waals surface area contributed by atoms with E-state index in [1.165, 1.54) is 4.90 Å². The van der Waals surface area contributed by atoms with Gasteiger partial charge in [0.1, 0.15) is 0 Å². The molecule has 0 unspecified atom stereocenters. The van der Waals surface area contributed by atoms with Crippen LogP contribution in [0.15, 0.2) is 23.1 Å². The maximum absolute atomic E-state index is 12.0. The van der Waals surface area contributed by atoms with Crippen LogP contribution in [0.5, 0.6) is 0 Å². The molecule has 2 rings (SSSR count). The molecule has 2 N–H and O–H groups in total. The molecular weight excluding hydrogens is 232 g/mol. The van der Waals surface area contributed by atoms with E-state index in [0.717, 1.165) is 18.0 Å². The van der Waals surface area contributed by atoms with Crippen LogP contribution in [-0.2, 0) is 0 Å². The fourth-order valence-corrected chi connectivity index (χ4v) is 2.57. The molecule has 0 saturated carbocycles. The number of nitrogens with one attached hydrogen (secondary N) is 2. The molecule has 0 fully saturated rings. The number of carbonyl (C=O) groups is 1. The zero-order chi connectivity index (χ0) is 12.5. The van der Waals surface area contributed by atoms with E-state index in [9.17, 15) is 4.79 Å². The van der Waals surface area contributed by atoms with Gasteiger partial charge in [0.15, 0.2) is 0 Å². The van der Waals surface area contributed by atoms with E-state index in [2.05, 4.69) is 10.6 Å². The molecule has 1 aliphatic heterocycles. The lowest BCUT2D eigenvalue weighted by atomic mass is 10.1. The lowest BCUT2D eigenvalue weighted by Gasteiger charge is -2.22. The van der Waals surface area contributed by atoms with Crippen molar-refractivity contribution < 1.29 is 4.79 Å². The van der Waals surface area contributed by atoms with Crippen LogP contribution in [0.2, 0.25) is 0 Å². The van der Waals surface area contributed by atoms with Crippen molar-refractivity contribution in [2.75, 3.05) is 17.6 Å². The number of hydrogen-bond acceptors (Lipinski definition) is 3. The molecule has 1 aliphatic rings. The predicted molar refractivity (Wildman–Crippen MR) is 72.9 cm³/mol. The van der Waals surface area contributed by atoms with Crippen molar-refractivity contribution in [3.05, 3.63) is 23.8 Å². The first-order valence-electron chi connectivity index (χ1n) is 5.79. The average molecular weight is 250 g/mol. The largest absolute Gasteiger partial charge is 0.383 e. The summed E-state index contributed by atoms with van der Waals surface area (Å²) in [5.74, 6) is 1.07. The maximum Gasteiger partial charge on any atom is 0.251 e. The quantitative estimate of drug-likeness (QED) is 0.805. The van der Waals surface area contributed by atoms with E-state index in [1.807, 2.05) is 50.7 Å². The monoisotopic (exact) mass is 250 g/mol. The van der Waals surface area contributed by atoms with Gasteiger partial charge in [-0.2, -0.15) is 0 Å². The van der Waals surface area contributed by atoms with Crippen molar-refractivity contribution in [3.8, 4) is 0 Å². The summed E-state index contributed by atoms with van der Waals surface area (Å²) in [5.41, 5.74) is 1.59. The Labute approximate surface area is 106 Å². The van der Waals surface area contributed by atoms with Gasteiger partial charge in [-0.25, -0.2) is 0 Å². The molecule has 3 nitrogen and oxygen atoms in total. The first-order valence-corrected chi connectivity index (χ1v) is 6.77. The third-order valence-corrected chi connectivity index (χ3v) is 3.48. The maximum atomic E-state index is 12.0. The zero-order valence-corrected chi connectivity index (χ0v) is 11.3. The van der Waals surface area contributed by atoms with Gasteiger partial charge in [-0.15, -0.1) is 11.8 Å². The smallest absolute Gasteiger partial charge is 0.251 e. The topological polar surface area (TPSA) is 41.1 Å². The third kappa shape index (κ3) is 3.16. The Morgan fingerprint density at radius 1 is 1.41 bits per heavy atom. The van der Waals surface area contributed by atoms with Gasteiger partial charge in [-0.1, -0.05) is 0 Å². The van der Waals surface area contributed by atoms with Crippen molar-refractivity contribution in [3.63, 3.8) is 0 Å². The summed E-state index contributed by atoms with van der Waals surface area (Å²) in [7, 11) is 0. The summed E-state index contributed by atoms with van der Waals surface area (Å²) in [6, 6.07) is 5.84. The Morgan fingerprint density at radius 3 is 2.88 bits per heavy atom. The van der Waals surface area contributed by atoms with E-state index in [0.29, 0.717) is 5.56 Å². The number of hydrogen-bond donors (Lipinski definition) is 2. The van der Waals surface area contributed by atoms with Crippen LogP contribution in [-0.4, -0.2) is 23.7 Å². The van der Waals surface area contributed by atoms with Gasteiger partial charge in [0.25, 0.3) is 5.91 Å². The van der Waals surface area contributed by atoms with Crippen molar-refractivity contribution in [2.24, 2.45) is 0 Å². The fraction of sp³-hybridized carbons (Fsp3) is 0.462. The minimum absolute atomic E-state index is 0.0160. The zero-order valence-electron chi connectivity index (χ0n) is 10.5. The number of benzene rings is 1. The molecule has 4 heteroatoms. The Bertz CT molecular complexity index is 438. The average Bonchev–Trinajstić information content (AvgIpc) is 2.26. The third-order valence-electron chi connectivity index (χ3n) is 2.41. The van der Waals surface area contributed by atoms with Crippen LogP contribution in [0.3, 0.4) is 0 Å². The minimum atomic E-state index is -0.199. The number of rotatable bonds is 1. The van der Waals surface area contributed by atoms with Gasteiger partial charge in [0.2, 0.25) is 0 Å². The molecular formula is C13H18N2OS. The highest BCUT2D eigenvalue weighted by molar-refractivity contribution is 7.99. The molecule has 17 heavy (non-hydrogen) atoms. The Morgan fingerprint density at radius 2 is 2.18 bits per heavy atom. The van der Waals surface area contributed by atoms with Crippen molar-refractivity contribution in [2.45, 2.75) is 31.2 Å².